The molecule has 0 saturated carbocycles. The monoisotopic (exact) mass is 286 g/mol. The van der Waals surface area contributed by atoms with E-state index in [2.05, 4.69) is 15.4 Å². The van der Waals surface area contributed by atoms with Crippen LogP contribution in [0, 0.1) is 11.3 Å². The van der Waals surface area contributed by atoms with Gasteiger partial charge in [-0.15, -0.1) is 0 Å². The molecule has 2 N–H and O–H groups in total. The highest BCUT2D eigenvalue weighted by molar-refractivity contribution is 5.91. The van der Waals surface area contributed by atoms with Gasteiger partial charge in [-0.2, -0.15) is 0 Å². The Morgan fingerprint density at radius 2 is 1.50 bits per heavy atom. The molecule has 0 fully saturated rings. The molecule has 0 radical (unpaired) electrons. The number of hydrogen-bond acceptors (Lipinski definition) is 4. The highest BCUT2D eigenvalue weighted by Crippen LogP contribution is 2.13. The highest BCUT2D eigenvalue weighted by atomic mass is 16.5. The number of carbonyl (C=O) groups excluding carboxylic acids is 3. The van der Waals surface area contributed by atoms with E-state index < -0.39 is 29.4 Å². The van der Waals surface area contributed by atoms with Crippen LogP contribution in [-0.2, 0) is 19.1 Å². The zero-order valence-electron chi connectivity index (χ0n) is 13.4. The first-order valence-electron chi connectivity index (χ1n) is 6.69. The van der Waals surface area contributed by atoms with Crippen LogP contribution < -0.4 is 10.6 Å². The van der Waals surface area contributed by atoms with Crippen molar-refractivity contribution in [1.82, 2.24) is 10.6 Å². The number of amides is 2. The number of nitrogens with one attached hydrogen (secondary N) is 2. The van der Waals surface area contributed by atoms with Gasteiger partial charge in [0.1, 0.15) is 12.1 Å². The Morgan fingerprint density at radius 3 is 1.85 bits per heavy atom. The Bertz CT molecular complexity index is 372. The number of rotatable bonds is 5. The molecular weight excluding hydrogens is 260 g/mol. The second kappa shape index (κ2) is 7.26. The quantitative estimate of drug-likeness (QED) is 0.734. The van der Waals surface area contributed by atoms with Gasteiger partial charge in [-0.1, -0.05) is 34.6 Å². The summed E-state index contributed by atoms with van der Waals surface area (Å²) in [5.74, 6) is -1.23. The van der Waals surface area contributed by atoms with E-state index >= 15 is 0 Å². The van der Waals surface area contributed by atoms with Crippen molar-refractivity contribution in [2.24, 2.45) is 11.3 Å². The van der Waals surface area contributed by atoms with E-state index in [0.29, 0.717) is 0 Å². The molecular formula is C14H26N2O4. The molecule has 0 aromatic carbocycles. The molecule has 0 unspecified atom stereocenters. The minimum absolute atomic E-state index is 0.100. The van der Waals surface area contributed by atoms with Crippen LogP contribution in [0.1, 0.15) is 41.5 Å². The van der Waals surface area contributed by atoms with Gasteiger partial charge in [-0.25, -0.2) is 4.79 Å². The Hall–Kier alpha value is -1.59. The van der Waals surface area contributed by atoms with Crippen molar-refractivity contribution in [2.45, 2.75) is 53.6 Å². The maximum Gasteiger partial charge on any atom is 0.328 e. The lowest BCUT2D eigenvalue weighted by Crippen LogP contribution is -2.53. The van der Waals surface area contributed by atoms with Crippen LogP contribution in [0.2, 0.25) is 0 Å². The topological polar surface area (TPSA) is 84.5 Å². The van der Waals surface area contributed by atoms with Gasteiger partial charge in [0.2, 0.25) is 11.8 Å². The molecule has 116 valence electrons. The van der Waals surface area contributed by atoms with E-state index in [1.54, 1.807) is 41.5 Å². The first-order valence-corrected chi connectivity index (χ1v) is 6.69. The molecule has 0 bridgehead atoms. The van der Waals surface area contributed by atoms with E-state index in [-0.39, 0.29) is 11.8 Å². The van der Waals surface area contributed by atoms with Crippen LogP contribution in [0.25, 0.3) is 0 Å². The third kappa shape index (κ3) is 5.59. The molecule has 0 aromatic rings. The van der Waals surface area contributed by atoms with E-state index in [9.17, 15) is 14.4 Å². The van der Waals surface area contributed by atoms with Crippen LogP contribution in [0.15, 0.2) is 0 Å². The van der Waals surface area contributed by atoms with Gasteiger partial charge in [0.05, 0.1) is 7.11 Å². The summed E-state index contributed by atoms with van der Waals surface area (Å²) in [6.45, 7) is 10.5. The maximum absolute atomic E-state index is 12.0. The summed E-state index contributed by atoms with van der Waals surface area (Å²) in [4.78, 5) is 35.4. The Morgan fingerprint density at radius 1 is 1.00 bits per heavy atom. The standard InChI is InChI=1S/C14H26N2O4/c1-8(2)10(12(18)20-7)16-11(17)9(3)15-13(19)14(4,5)6/h8-10H,1-7H3,(H,15,19)(H,16,17)/t9-,10-/m0/s1. The molecule has 6 heteroatoms. The van der Waals surface area contributed by atoms with Crippen LogP contribution in [-0.4, -0.2) is 37.0 Å². The van der Waals surface area contributed by atoms with Crippen LogP contribution >= 0.6 is 0 Å². The van der Waals surface area contributed by atoms with Gasteiger partial charge in [-0.05, 0) is 12.8 Å². The minimum atomic E-state index is -0.721. The lowest BCUT2D eigenvalue weighted by atomic mass is 9.95. The lowest BCUT2D eigenvalue weighted by molar-refractivity contribution is -0.146. The molecule has 2 atom stereocenters. The average Bonchev–Trinajstić information content (AvgIpc) is 2.32. The van der Waals surface area contributed by atoms with Crippen molar-refractivity contribution < 1.29 is 19.1 Å². The number of esters is 1. The van der Waals surface area contributed by atoms with Crippen LogP contribution in [0.5, 0.6) is 0 Å². The molecule has 0 aliphatic rings. The van der Waals surface area contributed by atoms with Crippen LogP contribution in [0.4, 0.5) is 0 Å². The Kier molecular flexibility index (Phi) is 6.68. The molecule has 6 nitrogen and oxygen atoms in total. The number of hydrogen-bond donors (Lipinski definition) is 2. The third-order valence-corrected chi connectivity index (χ3v) is 2.84. The lowest BCUT2D eigenvalue weighted by Gasteiger charge is -2.24. The van der Waals surface area contributed by atoms with Crippen molar-refractivity contribution in [3.63, 3.8) is 0 Å². The first-order chi connectivity index (χ1) is 9.00. The SMILES string of the molecule is COC(=O)[C@@H](NC(=O)[C@H](C)NC(=O)C(C)(C)C)C(C)C. The molecule has 2 amide bonds. The minimum Gasteiger partial charge on any atom is -0.467 e. The van der Waals surface area contributed by atoms with Crippen molar-refractivity contribution in [2.75, 3.05) is 7.11 Å². The number of ether oxygens (including phenoxy) is 1. The van der Waals surface area contributed by atoms with Crippen molar-refractivity contribution >= 4 is 17.8 Å². The van der Waals surface area contributed by atoms with Gasteiger partial charge < -0.3 is 15.4 Å². The number of methoxy groups -OCH3 is 1. The second-order valence-electron chi connectivity index (χ2n) is 6.20. The molecule has 0 aliphatic heterocycles. The highest BCUT2D eigenvalue weighted by Gasteiger charge is 2.29. The smallest absolute Gasteiger partial charge is 0.328 e. The normalized spacial score (nSPS) is 14.4. The van der Waals surface area contributed by atoms with Crippen molar-refractivity contribution in [1.29, 1.82) is 0 Å². The molecule has 0 rings (SSSR count). The largest absolute Gasteiger partial charge is 0.467 e. The van der Waals surface area contributed by atoms with E-state index in [0.717, 1.165) is 0 Å². The predicted octanol–water partition coefficient (Wildman–Crippen LogP) is 0.851. The molecule has 0 aliphatic carbocycles. The van der Waals surface area contributed by atoms with E-state index in [1.165, 1.54) is 7.11 Å². The molecule has 0 saturated heterocycles. The third-order valence-electron chi connectivity index (χ3n) is 2.84. The molecule has 20 heavy (non-hydrogen) atoms. The first kappa shape index (κ1) is 18.4. The summed E-state index contributed by atoms with van der Waals surface area (Å²) in [6, 6.07) is -1.44. The Labute approximate surface area is 120 Å². The maximum atomic E-state index is 12.0. The molecule has 0 aromatic heterocycles. The van der Waals surface area contributed by atoms with Gasteiger partial charge in [0.15, 0.2) is 0 Å². The van der Waals surface area contributed by atoms with E-state index in [4.69, 9.17) is 0 Å². The summed E-state index contributed by atoms with van der Waals surface area (Å²) in [5, 5.41) is 5.21. The molecule has 0 heterocycles. The summed E-state index contributed by atoms with van der Waals surface area (Å²) >= 11 is 0. The van der Waals surface area contributed by atoms with Gasteiger partial charge >= 0.3 is 5.97 Å². The van der Waals surface area contributed by atoms with E-state index in [1.807, 2.05) is 0 Å². The van der Waals surface area contributed by atoms with Crippen molar-refractivity contribution in [3.8, 4) is 0 Å². The fourth-order valence-corrected chi connectivity index (χ4v) is 1.38. The van der Waals surface area contributed by atoms with Crippen molar-refractivity contribution in [3.05, 3.63) is 0 Å². The molecule has 0 spiro atoms. The summed E-state index contributed by atoms with van der Waals surface area (Å²) in [7, 11) is 1.27. The second-order valence-corrected chi connectivity index (χ2v) is 6.20. The van der Waals surface area contributed by atoms with Crippen LogP contribution in [0.3, 0.4) is 0 Å². The Balaban J connectivity index is 4.66. The number of carbonyl (C=O) groups is 3. The van der Waals surface area contributed by atoms with Gasteiger partial charge in [0, 0.05) is 5.41 Å². The summed E-state index contributed by atoms with van der Waals surface area (Å²) < 4.78 is 4.65. The van der Waals surface area contributed by atoms with Gasteiger partial charge in [0.25, 0.3) is 0 Å². The average molecular weight is 286 g/mol. The summed E-state index contributed by atoms with van der Waals surface area (Å²) in [5.41, 5.74) is -0.575. The van der Waals surface area contributed by atoms with Gasteiger partial charge in [-0.3, -0.25) is 9.59 Å². The predicted molar refractivity (Wildman–Crippen MR) is 75.8 cm³/mol. The zero-order chi connectivity index (χ0) is 16.1. The fraction of sp³-hybridized carbons (Fsp3) is 0.786. The zero-order valence-corrected chi connectivity index (χ0v) is 13.4. The fourth-order valence-electron chi connectivity index (χ4n) is 1.38. The summed E-state index contributed by atoms with van der Waals surface area (Å²) in [6.07, 6.45) is 0.